The molecule has 2 aromatic carbocycles. The normalized spacial score (nSPS) is 11.9. The Balaban J connectivity index is 1.91. The highest BCUT2D eigenvalue weighted by molar-refractivity contribution is 5.51. The maximum absolute atomic E-state index is 10.7. The van der Waals surface area contributed by atoms with E-state index in [1.165, 1.54) is 12.1 Å². The Morgan fingerprint density at radius 1 is 1.13 bits per heavy atom. The van der Waals surface area contributed by atoms with Crippen molar-refractivity contribution in [2.75, 3.05) is 5.32 Å². The Bertz CT molecular complexity index is 799. The molecule has 7 nitrogen and oxygen atoms in total. The van der Waals surface area contributed by atoms with E-state index in [9.17, 15) is 10.1 Å². The average Bonchev–Trinajstić information content (AvgIpc) is 3.00. The van der Waals surface area contributed by atoms with Gasteiger partial charge in [-0.15, -0.1) is 0 Å². The molecule has 1 atom stereocenters. The minimum absolute atomic E-state index is 0.0561. The number of nitro benzene ring substituents is 1. The average molecular weight is 309 g/mol. The zero-order chi connectivity index (χ0) is 16.2. The van der Waals surface area contributed by atoms with Gasteiger partial charge in [-0.05, 0) is 24.6 Å². The number of benzene rings is 2. The second-order valence-electron chi connectivity index (χ2n) is 5.07. The number of nitro groups is 1. The highest BCUT2D eigenvalue weighted by atomic mass is 16.6. The van der Waals surface area contributed by atoms with Crippen LogP contribution in [0.5, 0.6) is 0 Å². The molecular formula is C16H15N5O2. The van der Waals surface area contributed by atoms with Crippen LogP contribution >= 0.6 is 0 Å². The van der Waals surface area contributed by atoms with E-state index in [1.54, 1.807) is 12.1 Å². The molecule has 3 rings (SSSR count). The van der Waals surface area contributed by atoms with Gasteiger partial charge in [0.25, 0.3) is 5.69 Å². The summed E-state index contributed by atoms with van der Waals surface area (Å²) < 4.78 is 0. The van der Waals surface area contributed by atoms with Crippen molar-refractivity contribution in [2.24, 2.45) is 0 Å². The molecule has 0 bridgehead atoms. The maximum Gasteiger partial charge on any atom is 0.269 e. The highest BCUT2D eigenvalue weighted by Gasteiger charge is 2.18. The van der Waals surface area contributed by atoms with E-state index in [1.807, 2.05) is 37.3 Å². The first-order valence-electron chi connectivity index (χ1n) is 7.08. The van der Waals surface area contributed by atoms with Crippen LogP contribution in [0.1, 0.15) is 23.3 Å². The van der Waals surface area contributed by atoms with Gasteiger partial charge < -0.3 is 5.32 Å². The summed E-state index contributed by atoms with van der Waals surface area (Å²) >= 11 is 0. The molecule has 0 aliphatic rings. The smallest absolute Gasteiger partial charge is 0.269 e. The molecule has 0 amide bonds. The maximum atomic E-state index is 10.7. The van der Waals surface area contributed by atoms with Gasteiger partial charge in [0.2, 0.25) is 0 Å². The minimum Gasteiger partial charge on any atom is -0.371 e. The number of hydrogen-bond acceptors (Lipinski definition) is 5. The first kappa shape index (κ1) is 14.7. The van der Waals surface area contributed by atoms with Crippen molar-refractivity contribution < 1.29 is 4.92 Å². The van der Waals surface area contributed by atoms with E-state index in [-0.39, 0.29) is 11.7 Å². The van der Waals surface area contributed by atoms with Crippen molar-refractivity contribution in [1.29, 1.82) is 0 Å². The lowest BCUT2D eigenvalue weighted by Crippen LogP contribution is -2.14. The van der Waals surface area contributed by atoms with E-state index in [4.69, 9.17) is 0 Å². The zero-order valence-corrected chi connectivity index (χ0v) is 12.4. The van der Waals surface area contributed by atoms with E-state index >= 15 is 0 Å². The third-order valence-corrected chi connectivity index (χ3v) is 3.39. The van der Waals surface area contributed by atoms with E-state index in [0.29, 0.717) is 5.82 Å². The van der Waals surface area contributed by atoms with Crippen molar-refractivity contribution in [1.82, 2.24) is 15.2 Å². The van der Waals surface area contributed by atoms with Crippen molar-refractivity contribution in [3.05, 3.63) is 81.9 Å². The molecule has 1 unspecified atom stereocenters. The van der Waals surface area contributed by atoms with E-state index in [2.05, 4.69) is 20.5 Å². The molecule has 1 heterocycles. The molecule has 0 fully saturated rings. The largest absolute Gasteiger partial charge is 0.371 e. The molecule has 2 N–H and O–H groups in total. The van der Waals surface area contributed by atoms with Crippen molar-refractivity contribution in [3.8, 4) is 0 Å². The number of rotatable bonds is 5. The fourth-order valence-corrected chi connectivity index (χ4v) is 2.28. The van der Waals surface area contributed by atoms with Gasteiger partial charge in [-0.1, -0.05) is 30.3 Å². The molecule has 3 aromatic rings. The predicted octanol–water partition coefficient (Wildman–Crippen LogP) is 3.22. The zero-order valence-electron chi connectivity index (χ0n) is 12.4. The van der Waals surface area contributed by atoms with Gasteiger partial charge in [0, 0.05) is 17.8 Å². The van der Waals surface area contributed by atoms with Crippen LogP contribution in [0.4, 0.5) is 11.4 Å². The van der Waals surface area contributed by atoms with Gasteiger partial charge in [-0.2, -0.15) is 5.10 Å². The topological polar surface area (TPSA) is 96.7 Å². The molecule has 0 saturated heterocycles. The second kappa shape index (κ2) is 6.27. The lowest BCUT2D eigenvalue weighted by atomic mass is 10.1. The van der Waals surface area contributed by atoms with E-state index in [0.717, 1.165) is 17.1 Å². The Hall–Kier alpha value is -3.22. The number of aromatic nitrogens is 3. The number of non-ortho nitro benzene ring substituents is 1. The van der Waals surface area contributed by atoms with Crippen LogP contribution < -0.4 is 5.32 Å². The van der Waals surface area contributed by atoms with Crippen molar-refractivity contribution >= 4 is 11.4 Å². The summed E-state index contributed by atoms with van der Waals surface area (Å²) in [5.74, 6) is 1.35. The third-order valence-electron chi connectivity index (χ3n) is 3.39. The molecule has 23 heavy (non-hydrogen) atoms. The summed E-state index contributed by atoms with van der Waals surface area (Å²) in [6, 6.07) is 15.8. The number of aromatic amines is 1. The van der Waals surface area contributed by atoms with Crippen LogP contribution in [0, 0.1) is 17.0 Å². The fourth-order valence-electron chi connectivity index (χ4n) is 2.28. The van der Waals surface area contributed by atoms with Crippen LogP contribution in [0.2, 0.25) is 0 Å². The summed E-state index contributed by atoms with van der Waals surface area (Å²) in [4.78, 5) is 14.7. The molecule has 0 aliphatic carbocycles. The Labute approximate surface area is 132 Å². The molecule has 116 valence electrons. The quantitative estimate of drug-likeness (QED) is 0.557. The number of hydrogen-bond donors (Lipinski definition) is 2. The first-order valence-corrected chi connectivity index (χ1v) is 7.08. The van der Waals surface area contributed by atoms with Crippen LogP contribution in [0.25, 0.3) is 0 Å². The van der Waals surface area contributed by atoms with Crippen molar-refractivity contribution in [2.45, 2.75) is 13.0 Å². The van der Waals surface area contributed by atoms with Gasteiger partial charge in [-0.3, -0.25) is 15.2 Å². The highest BCUT2D eigenvalue weighted by Crippen LogP contribution is 2.25. The van der Waals surface area contributed by atoms with Gasteiger partial charge in [-0.25, -0.2) is 4.98 Å². The van der Waals surface area contributed by atoms with Crippen molar-refractivity contribution in [3.63, 3.8) is 0 Å². The Morgan fingerprint density at radius 2 is 1.83 bits per heavy atom. The monoisotopic (exact) mass is 309 g/mol. The fraction of sp³-hybridized carbons (Fsp3) is 0.125. The van der Waals surface area contributed by atoms with Crippen LogP contribution in [0.15, 0.2) is 54.6 Å². The summed E-state index contributed by atoms with van der Waals surface area (Å²) in [7, 11) is 0. The molecule has 0 radical (unpaired) electrons. The predicted molar refractivity (Wildman–Crippen MR) is 86.1 cm³/mol. The first-order chi connectivity index (χ1) is 11.1. The number of nitrogens with zero attached hydrogens (tertiary/aromatic N) is 3. The van der Waals surface area contributed by atoms with Crippen LogP contribution in [-0.4, -0.2) is 20.1 Å². The standard InChI is InChI=1S/C16H15N5O2/c1-11-17-16(20-19-11)15(12-5-3-2-4-6-12)18-13-7-9-14(10-8-13)21(22)23/h2-10,15,18H,1H3,(H,17,19,20). The summed E-state index contributed by atoms with van der Waals surface area (Å²) in [5, 5.41) is 21.1. The van der Waals surface area contributed by atoms with Gasteiger partial charge in [0.1, 0.15) is 11.9 Å². The molecule has 0 saturated carbocycles. The Morgan fingerprint density at radius 3 is 2.39 bits per heavy atom. The minimum atomic E-state index is -0.420. The second-order valence-corrected chi connectivity index (χ2v) is 5.07. The third kappa shape index (κ3) is 3.34. The number of H-pyrrole nitrogens is 1. The lowest BCUT2D eigenvalue weighted by molar-refractivity contribution is -0.384. The number of anilines is 1. The van der Waals surface area contributed by atoms with Crippen LogP contribution in [0.3, 0.4) is 0 Å². The molecule has 1 aromatic heterocycles. The van der Waals surface area contributed by atoms with Gasteiger partial charge in [0.15, 0.2) is 5.82 Å². The lowest BCUT2D eigenvalue weighted by Gasteiger charge is -2.17. The van der Waals surface area contributed by atoms with E-state index < -0.39 is 4.92 Å². The summed E-state index contributed by atoms with van der Waals surface area (Å²) in [5.41, 5.74) is 1.82. The molecule has 0 aliphatic heterocycles. The van der Waals surface area contributed by atoms with Crippen LogP contribution in [-0.2, 0) is 0 Å². The van der Waals surface area contributed by atoms with Gasteiger partial charge in [0.05, 0.1) is 4.92 Å². The van der Waals surface area contributed by atoms with Gasteiger partial charge >= 0.3 is 0 Å². The molecule has 0 spiro atoms. The Kier molecular flexibility index (Phi) is 4.01. The summed E-state index contributed by atoms with van der Waals surface area (Å²) in [6.45, 7) is 1.84. The molecule has 7 heteroatoms. The number of nitrogens with one attached hydrogen (secondary N) is 2. The number of aryl methyl sites for hydroxylation is 1. The SMILES string of the molecule is Cc1nc(C(Nc2ccc([N+](=O)[O-])cc2)c2ccccc2)n[nH]1. The molecular weight excluding hydrogens is 294 g/mol. The summed E-state index contributed by atoms with van der Waals surface area (Å²) in [6.07, 6.45) is 0.